The van der Waals surface area contributed by atoms with Crippen molar-refractivity contribution in [2.45, 2.75) is 38.9 Å². The van der Waals surface area contributed by atoms with E-state index in [9.17, 15) is 4.79 Å². The first-order valence-corrected chi connectivity index (χ1v) is 10.5. The summed E-state index contributed by atoms with van der Waals surface area (Å²) in [5.74, 6) is 1.77. The summed E-state index contributed by atoms with van der Waals surface area (Å²) < 4.78 is 12.1. The van der Waals surface area contributed by atoms with Crippen LogP contribution in [0.3, 0.4) is 0 Å². The second-order valence-electron chi connectivity index (χ2n) is 7.55. The maximum absolute atomic E-state index is 12.3. The van der Waals surface area contributed by atoms with E-state index < -0.39 is 0 Å². The Hall–Kier alpha value is -3.33. The number of hydrogen-bond donors (Lipinski definition) is 0. The number of hydrogen-bond acceptors (Lipinski definition) is 3. The molecule has 0 spiro atoms. The molecule has 3 nitrogen and oxygen atoms in total. The van der Waals surface area contributed by atoms with Crippen LogP contribution in [0.25, 0.3) is 6.08 Å². The van der Waals surface area contributed by atoms with Crippen LogP contribution in [0.4, 0.5) is 0 Å². The van der Waals surface area contributed by atoms with Crippen LogP contribution in [-0.4, -0.2) is 5.78 Å². The molecule has 3 aromatic carbocycles. The number of ketones is 1. The first kappa shape index (κ1) is 20.0. The maximum atomic E-state index is 12.3. The largest absolute Gasteiger partial charge is 0.489 e. The Balaban J connectivity index is 1.56. The molecule has 152 valence electrons. The normalized spacial score (nSPS) is 15.2. The number of carbonyl (C=O) groups excluding carboxylic acids is 1. The molecule has 30 heavy (non-hydrogen) atoms. The molecule has 1 saturated carbocycles. The van der Waals surface area contributed by atoms with E-state index in [1.165, 1.54) is 0 Å². The fourth-order valence-corrected chi connectivity index (χ4v) is 3.58. The molecule has 0 N–H and O–H groups in total. The third kappa shape index (κ3) is 5.38. The van der Waals surface area contributed by atoms with Gasteiger partial charge in [-0.2, -0.15) is 0 Å². The first-order valence-electron chi connectivity index (χ1n) is 10.5. The van der Waals surface area contributed by atoms with Crippen LogP contribution in [0.15, 0.2) is 84.4 Å². The average molecular weight is 399 g/mol. The van der Waals surface area contributed by atoms with Crippen molar-refractivity contribution in [1.82, 2.24) is 0 Å². The van der Waals surface area contributed by atoms with Gasteiger partial charge >= 0.3 is 0 Å². The van der Waals surface area contributed by atoms with Crippen molar-refractivity contribution >= 4 is 11.9 Å². The topological polar surface area (TPSA) is 35.5 Å². The number of rotatable bonds is 7. The molecular formula is C27H26O3. The Kier molecular flexibility index (Phi) is 6.61. The number of ether oxygens (including phenoxy) is 2. The zero-order valence-corrected chi connectivity index (χ0v) is 17.1. The van der Waals surface area contributed by atoms with Gasteiger partial charge in [-0.25, -0.2) is 0 Å². The third-order valence-corrected chi connectivity index (χ3v) is 5.25. The lowest BCUT2D eigenvalue weighted by atomic mass is 9.92. The van der Waals surface area contributed by atoms with Gasteiger partial charge in [-0.15, -0.1) is 0 Å². The summed E-state index contributed by atoms with van der Waals surface area (Å²) in [4.78, 5) is 12.3. The lowest BCUT2D eigenvalue weighted by Crippen LogP contribution is -2.08. The molecule has 0 aromatic heterocycles. The van der Waals surface area contributed by atoms with E-state index in [-0.39, 0.29) is 5.78 Å². The minimum absolute atomic E-state index is 0.242. The Morgan fingerprint density at radius 3 is 2.03 bits per heavy atom. The molecule has 3 aromatic rings. The highest BCUT2D eigenvalue weighted by Crippen LogP contribution is 2.30. The smallest absolute Gasteiger partial charge is 0.158 e. The molecular weight excluding hydrogens is 372 g/mol. The van der Waals surface area contributed by atoms with Gasteiger partial charge in [0.05, 0.1) is 0 Å². The van der Waals surface area contributed by atoms with Crippen molar-refractivity contribution in [3.05, 3.63) is 101 Å². The zero-order valence-electron chi connectivity index (χ0n) is 17.1. The maximum Gasteiger partial charge on any atom is 0.158 e. The lowest BCUT2D eigenvalue weighted by Gasteiger charge is -2.16. The molecule has 0 unspecified atom stereocenters. The van der Waals surface area contributed by atoms with E-state index in [0.29, 0.717) is 19.6 Å². The number of allylic oxidation sites excluding steroid dienone is 1. The number of carbonyl (C=O) groups is 1. The fourth-order valence-electron chi connectivity index (χ4n) is 3.58. The molecule has 0 atom stereocenters. The summed E-state index contributed by atoms with van der Waals surface area (Å²) in [5, 5.41) is 0. The molecule has 0 radical (unpaired) electrons. The summed E-state index contributed by atoms with van der Waals surface area (Å²) in [5.41, 5.74) is 3.99. The second kappa shape index (κ2) is 9.93. The van der Waals surface area contributed by atoms with Crippen molar-refractivity contribution in [2.24, 2.45) is 0 Å². The molecule has 0 aliphatic heterocycles. The molecule has 1 aliphatic rings. The van der Waals surface area contributed by atoms with Crippen molar-refractivity contribution < 1.29 is 14.3 Å². The standard InChI is InChI=1S/C27H26O3/c28-26-14-8-7-13-23(26)17-24-18-25(29-19-21-9-3-1-4-10-21)15-16-27(24)30-20-22-11-5-2-6-12-22/h1-6,9-12,15-18H,7-8,13-14,19-20H2. The van der Waals surface area contributed by atoms with Crippen LogP contribution >= 0.6 is 0 Å². The van der Waals surface area contributed by atoms with Gasteiger partial charge in [-0.1, -0.05) is 60.7 Å². The Morgan fingerprint density at radius 1 is 0.733 bits per heavy atom. The molecule has 0 saturated heterocycles. The van der Waals surface area contributed by atoms with Gasteiger partial charge in [0.25, 0.3) is 0 Å². The first-order chi connectivity index (χ1) is 14.8. The zero-order chi connectivity index (χ0) is 20.6. The highest BCUT2D eigenvalue weighted by molar-refractivity contribution is 6.00. The predicted octanol–water partition coefficient (Wildman–Crippen LogP) is 6.37. The van der Waals surface area contributed by atoms with Crippen LogP contribution in [0, 0.1) is 0 Å². The van der Waals surface area contributed by atoms with E-state index in [0.717, 1.165) is 53.0 Å². The quantitative estimate of drug-likeness (QED) is 0.434. The molecule has 4 rings (SSSR count). The Morgan fingerprint density at radius 2 is 1.37 bits per heavy atom. The van der Waals surface area contributed by atoms with Gasteiger partial charge in [0.1, 0.15) is 24.7 Å². The van der Waals surface area contributed by atoms with Gasteiger partial charge in [-0.3, -0.25) is 4.79 Å². The van der Waals surface area contributed by atoms with E-state index >= 15 is 0 Å². The van der Waals surface area contributed by atoms with Gasteiger partial charge in [0, 0.05) is 12.0 Å². The van der Waals surface area contributed by atoms with Crippen LogP contribution in [0.1, 0.15) is 42.4 Å². The van der Waals surface area contributed by atoms with Gasteiger partial charge in [0.2, 0.25) is 0 Å². The van der Waals surface area contributed by atoms with E-state index in [2.05, 4.69) is 0 Å². The summed E-state index contributed by atoms with van der Waals surface area (Å²) in [7, 11) is 0. The van der Waals surface area contributed by atoms with Crippen molar-refractivity contribution in [1.29, 1.82) is 0 Å². The fraction of sp³-hybridized carbons (Fsp3) is 0.222. The molecule has 1 fully saturated rings. The molecule has 1 aliphatic carbocycles. The molecule has 0 heterocycles. The average Bonchev–Trinajstić information content (AvgIpc) is 2.80. The highest BCUT2D eigenvalue weighted by atomic mass is 16.5. The van der Waals surface area contributed by atoms with Crippen LogP contribution in [0.5, 0.6) is 11.5 Å². The summed E-state index contributed by atoms with van der Waals surface area (Å²) in [6, 6.07) is 26.0. The highest BCUT2D eigenvalue weighted by Gasteiger charge is 2.16. The van der Waals surface area contributed by atoms with Crippen LogP contribution in [-0.2, 0) is 18.0 Å². The van der Waals surface area contributed by atoms with Crippen molar-refractivity contribution in [3.63, 3.8) is 0 Å². The molecule has 0 amide bonds. The summed E-state index contributed by atoms with van der Waals surface area (Å²) in [6.45, 7) is 0.981. The Labute approximate surface area is 178 Å². The lowest BCUT2D eigenvalue weighted by molar-refractivity contribution is -0.116. The van der Waals surface area contributed by atoms with Crippen molar-refractivity contribution in [2.75, 3.05) is 0 Å². The van der Waals surface area contributed by atoms with Gasteiger partial charge in [0.15, 0.2) is 5.78 Å². The van der Waals surface area contributed by atoms with E-state index in [1.807, 2.05) is 84.9 Å². The predicted molar refractivity (Wildman–Crippen MR) is 119 cm³/mol. The van der Waals surface area contributed by atoms with E-state index in [1.54, 1.807) is 0 Å². The minimum atomic E-state index is 0.242. The molecule has 0 bridgehead atoms. The third-order valence-electron chi connectivity index (χ3n) is 5.25. The number of Topliss-reactive ketones (excluding diaryl/α,β-unsaturated/α-hetero) is 1. The summed E-state index contributed by atoms with van der Waals surface area (Å²) in [6.07, 6.45) is 5.48. The van der Waals surface area contributed by atoms with Crippen molar-refractivity contribution in [3.8, 4) is 11.5 Å². The SMILES string of the molecule is O=C1CCCCC1=Cc1cc(OCc2ccccc2)ccc1OCc1ccccc1. The van der Waals surface area contributed by atoms with Crippen LogP contribution in [0.2, 0.25) is 0 Å². The monoisotopic (exact) mass is 398 g/mol. The Bertz CT molecular complexity index is 1010. The van der Waals surface area contributed by atoms with E-state index in [4.69, 9.17) is 9.47 Å². The van der Waals surface area contributed by atoms with Crippen LogP contribution < -0.4 is 9.47 Å². The summed E-state index contributed by atoms with van der Waals surface area (Å²) >= 11 is 0. The minimum Gasteiger partial charge on any atom is -0.489 e. The number of benzene rings is 3. The molecule has 3 heteroatoms. The van der Waals surface area contributed by atoms with Gasteiger partial charge in [-0.05, 0) is 60.2 Å². The van der Waals surface area contributed by atoms with Gasteiger partial charge < -0.3 is 9.47 Å². The second-order valence-corrected chi connectivity index (χ2v) is 7.55.